The number of aromatic nitrogens is 2. The number of amides is 1. The number of nitrogens with one attached hydrogen (secondary N) is 1. The van der Waals surface area contributed by atoms with Gasteiger partial charge in [0.05, 0.1) is 6.54 Å². The second kappa shape index (κ2) is 7.01. The normalized spacial score (nSPS) is 10.6. The minimum absolute atomic E-state index is 0.199. The quantitative estimate of drug-likeness (QED) is 0.717. The average molecular weight is 384 g/mol. The first-order chi connectivity index (χ1) is 11.5. The standard InChI is InChI=1S/C19H18BrN3O/c1-13-6-8-17(9-7-13)21-19(24)18-10-14(2)23(22-18)12-15-4-3-5-16(20)11-15/h3-11H,12H2,1-2H3,(H,21,24). The Balaban J connectivity index is 1.75. The maximum absolute atomic E-state index is 12.4. The molecule has 0 spiro atoms. The van der Waals surface area contributed by atoms with Crippen LogP contribution in [0, 0.1) is 13.8 Å². The van der Waals surface area contributed by atoms with Crippen LogP contribution in [0.1, 0.15) is 27.3 Å². The predicted octanol–water partition coefficient (Wildman–Crippen LogP) is 4.56. The van der Waals surface area contributed by atoms with Crippen molar-refractivity contribution in [1.82, 2.24) is 9.78 Å². The Morgan fingerprint density at radius 1 is 1.12 bits per heavy atom. The van der Waals surface area contributed by atoms with Crippen LogP contribution >= 0.6 is 15.9 Å². The summed E-state index contributed by atoms with van der Waals surface area (Å²) in [6.45, 7) is 4.59. The Hall–Kier alpha value is -2.40. The average Bonchev–Trinajstić information content (AvgIpc) is 2.91. The maximum atomic E-state index is 12.4. The van der Waals surface area contributed by atoms with E-state index in [9.17, 15) is 4.79 Å². The third-order valence-electron chi connectivity index (χ3n) is 3.74. The van der Waals surface area contributed by atoms with Gasteiger partial charge in [0.25, 0.3) is 5.91 Å². The molecule has 4 nitrogen and oxygen atoms in total. The molecule has 5 heteroatoms. The van der Waals surface area contributed by atoms with Crippen molar-refractivity contribution in [1.29, 1.82) is 0 Å². The third kappa shape index (κ3) is 3.92. The Bertz CT molecular complexity index is 869. The zero-order valence-corrected chi connectivity index (χ0v) is 15.2. The molecular weight excluding hydrogens is 366 g/mol. The van der Waals surface area contributed by atoms with Crippen LogP contribution in [-0.2, 0) is 6.54 Å². The minimum atomic E-state index is -0.199. The van der Waals surface area contributed by atoms with Crippen molar-refractivity contribution in [3.63, 3.8) is 0 Å². The molecule has 3 rings (SSSR count). The van der Waals surface area contributed by atoms with Gasteiger partial charge in [0.15, 0.2) is 5.69 Å². The maximum Gasteiger partial charge on any atom is 0.276 e. The molecule has 0 aliphatic carbocycles. The molecule has 0 unspecified atom stereocenters. The van der Waals surface area contributed by atoms with E-state index < -0.39 is 0 Å². The van der Waals surface area contributed by atoms with Gasteiger partial charge in [-0.2, -0.15) is 5.10 Å². The van der Waals surface area contributed by atoms with Gasteiger partial charge in [0.1, 0.15) is 0 Å². The second-order valence-electron chi connectivity index (χ2n) is 5.78. The van der Waals surface area contributed by atoms with Crippen LogP contribution in [0.3, 0.4) is 0 Å². The lowest BCUT2D eigenvalue weighted by Crippen LogP contribution is -2.13. The van der Waals surface area contributed by atoms with Gasteiger partial charge in [-0.05, 0) is 49.7 Å². The molecule has 0 aliphatic heterocycles. The number of anilines is 1. The molecule has 0 saturated carbocycles. The Morgan fingerprint density at radius 2 is 1.88 bits per heavy atom. The van der Waals surface area contributed by atoms with Crippen LogP contribution in [0.4, 0.5) is 5.69 Å². The molecule has 3 aromatic rings. The zero-order chi connectivity index (χ0) is 17.1. The van der Waals surface area contributed by atoms with E-state index in [1.54, 1.807) is 0 Å². The lowest BCUT2D eigenvalue weighted by atomic mass is 10.2. The summed E-state index contributed by atoms with van der Waals surface area (Å²) in [5, 5.41) is 7.31. The van der Waals surface area contributed by atoms with Gasteiger partial charge < -0.3 is 5.32 Å². The summed E-state index contributed by atoms with van der Waals surface area (Å²) >= 11 is 3.47. The highest BCUT2D eigenvalue weighted by Gasteiger charge is 2.13. The third-order valence-corrected chi connectivity index (χ3v) is 4.24. The number of benzene rings is 2. The Kier molecular flexibility index (Phi) is 4.81. The molecule has 1 amide bonds. The number of hydrogen-bond acceptors (Lipinski definition) is 2. The lowest BCUT2D eigenvalue weighted by Gasteiger charge is -2.05. The number of carbonyl (C=O) groups excluding carboxylic acids is 1. The number of halogens is 1. The van der Waals surface area contributed by atoms with Crippen LogP contribution in [0.15, 0.2) is 59.1 Å². The van der Waals surface area contributed by atoms with Crippen LogP contribution in [0.25, 0.3) is 0 Å². The van der Waals surface area contributed by atoms with Crippen LogP contribution in [-0.4, -0.2) is 15.7 Å². The molecule has 0 aliphatic rings. The van der Waals surface area contributed by atoms with Gasteiger partial charge in [-0.1, -0.05) is 45.8 Å². The summed E-state index contributed by atoms with van der Waals surface area (Å²) in [4.78, 5) is 12.4. The number of nitrogens with zero attached hydrogens (tertiary/aromatic N) is 2. The SMILES string of the molecule is Cc1ccc(NC(=O)c2cc(C)n(Cc3cccc(Br)c3)n2)cc1. The molecule has 122 valence electrons. The van der Waals surface area contributed by atoms with E-state index in [1.807, 2.05) is 73.1 Å². The fraction of sp³-hybridized carbons (Fsp3) is 0.158. The Labute approximate surface area is 149 Å². The van der Waals surface area contributed by atoms with E-state index in [4.69, 9.17) is 0 Å². The first-order valence-corrected chi connectivity index (χ1v) is 8.47. The molecule has 1 aromatic heterocycles. The summed E-state index contributed by atoms with van der Waals surface area (Å²) in [5.74, 6) is -0.199. The van der Waals surface area contributed by atoms with Crippen LogP contribution in [0.2, 0.25) is 0 Å². The molecule has 0 fully saturated rings. The predicted molar refractivity (Wildman–Crippen MR) is 99.3 cm³/mol. The van der Waals surface area contributed by atoms with Gasteiger partial charge in [0.2, 0.25) is 0 Å². The van der Waals surface area contributed by atoms with Crippen molar-refractivity contribution in [2.45, 2.75) is 20.4 Å². The van der Waals surface area contributed by atoms with Gasteiger partial charge in [-0.3, -0.25) is 9.48 Å². The van der Waals surface area contributed by atoms with E-state index in [0.717, 1.165) is 27.0 Å². The molecule has 24 heavy (non-hydrogen) atoms. The van der Waals surface area contributed by atoms with Gasteiger partial charge in [-0.15, -0.1) is 0 Å². The fourth-order valence-electron chi connectivity index (χ4n) is 2.42. The number of carbonyl (C=O) groups is 1. The summed E-state index contributed by atoms with van der Waals surface area (Å²) < 4.78 is 2.87. The Morgan fingerprint density at radius 3 is 2.58 bits per heavy atom. The highest BCUT2D eigenvalue weighted by Crippen LogP contribution is 2.15. The van der Waals surface area contributed by atoms with E-state index >= 15 is 0 Å². The van der Waals surface area contributed by atoms with Crippen molar-refractivity contribution >= 4 is 27.5 Å². The van der Waals surface area contributed by atoms with E-state index in [1.165, 1.54) is 0 Å². The first kappa shape index (κ1) is 16.5. The highest BCUT2D eigenvalue weighted by molar-refractivity contribution is 9.10. The van der Waals surface area contributed by atoms with E-state index in [2.05, 4.69) is 26.3 Å². The monoisotopic (exact) mass is 383 g/mol. The summed E-state index contributed by atoms with van der Waals surface area (Å²) in [6.07, 6.45) is 0. The van der Waals surface area contributed by atoms with E-state index in [0.29, 0.717) is 12.2 Å². The molecule has 0 bridgehead atoms. The lowest BCUT2D eigenvalue weighted by molar-refractivity contribution is 0.102. The molecule has 1 N–H and O–H groups in total. The second-order valence-corrected chi connectivity index (χ2v) is 6.69. The van der Waals surface area contributed by atoms with Crippen LogP contribution in [0.5, 0.6) is 0 Å². The first-order valence-electron chi connectivity index (χ1n) is 7.68. The van der Waals surface area contributed by atoms with Crippen molar-refractivity contribution in [2.24, 2.45) is 0 Å². The molecule has 1 heterocycles. The smallest absolute Gasteiger partial charge is 0.276 e. The topological polar surface area (TPSA) is 46.9 Å². The molecule has 0 atom stereocenters. The van der Waals surface area contributed by atoms with Gasteiger partial charge in [0, 0.05) is 15.9 Å². The molecule has 0 radical (unpaired) electrons. The van der Waals surface area contributed by atoms with Gasteiger partial charge in [-0.25, -0.2) is 0 Å². The largest absolute Gasteiger partial charge is 0.321 e. The minimum Gasteiger partial charge on any atom is -0.321 e. The van der Waals surface area contributed by atoms with Gasteiger partial charge >= 0.3 is 0 Å². The van der Waals surface area contributed by atoms with Crippen molar-refractivity contribution in [3.05, 3.63) is 81.6 Å². The summed E-state index contributed by atoms with van der Waals surface area (Å²) in [7, 11) is 0. The summed E-state index contributed by atoms with van der Waals surface area (Å²) in [5.41, 5.74) is 4.42. The van der Waals surface area contributed by atoms with Crippen LogP contribution < -0.4 is 5.32 Å². The number of rotatable bonds is 4. The van der Waals surface area contributed by atoms with Crippen molar-refractivity contribution in [3.8, 4) is 0 Å². The molecule has 0 saturated heterocycles. The zero-order valence-electron chi connectivity index (χ0n) is 13.6. The number of aryl methyl sites for hydroxylation is 2. The summed E-state index contributed by atoms with van der Waals surface area (Å²) in [6, 6.07) is 17.6. The molecule has 2 aromatic carbocycles. The highest BCUT2D eigenvalue weighted by atomic mass is 79.9. The fourth-order valence-corrected chi connectivity index (χ4v) is 2.87. The number of hydrogen-bond donors (Lipinski definition) is 1. The molecular formula is C19H18BrN3O. The van der Waals surface area contributed by atoms with Crippen molar-refractivity contribution in [2.75, 3.05) is 5.32 Å². The van der Waals surface area contributed by atoms with Crippen molar-refractivity contribution < 1.29 is 4.79 Å². The van der Waals surface area contributed by atoms with E-state index in [-0.39, 0.29) is 5.91 Å².